The number of benzene rings is 1. The van der Waals surface area contributed by atoms with Crippen molar-refractivity contribution >= 4 is 19.9 Å². The molecule has 0 atom stereocenters. The van der Waals surface area contributed by atoms with Crippen LogP contribution in [0.15, 0.2) is 46.5 Å². The van der Waals surface area contributed by atoms with Crippen LogP contribution in [0.1, 0.15) is 5.56 Å². The Morgan fingerprint density at radius 3 is 2.08 bits per heavy atom. The van der Waals surface area contributed by atoms with E-state index in [1.54, 1.807) is 13.2 Å². The monoisotopic (exact) mass is 383 g/mol. The lowest BCUT2D eigenvalue weighted by Gasteiger charge is -2.09. The Labute approximate surface area is 136 Å². The lowest BCUT2D eigenvalue weighted by atomic mass is 10.4. The molecule has 0 unspecified atom stereocenters. The predicted molar refractivity (Wildman–Crippen MR) is 76.9 cm³/mol. The molecule has 12 heteroatoms. The van der Waals surface area contributed by atoms with E-state index in [1.165, 1.54) is 10.9 Å². The maximum absolute atomic E-state index is 12.4. The third kappa shape index (κ3) is 3.76. The summed E-state index contributed by atoms with van der Waals surface area (Å²) in [6.07, 6.45) is 3.03. The van der Waals surface area contributed by atoms with Gasteiger partial charge in [0.25, 0.3) is 9.84 Å². The fraction of sp³-hybridized carbons (Fsp3) is 0.250. The molecule has 0 spiro atoms. The van der Waals surface area contributed by atoms with Gasteiger partial charge in [-0.3, -0.25) is 4.68 Å². The summed E-state index contributed by atoms with van der Waals surface area (Å²) in [7, 11) is -7.88. The molecule has 0 saturated carbocycles. The zero-order valence-electron chi connectivity index (χ0n) is 12.1. The van der Waals surface area contributed by atoms with Gasteiger partial charge in [0.2, 0.25) is 10.0 Å². The van der Waals surface area contributed by atoms with Gasteiger partial charge in [0.05, 0.1) is 16.0 Å². The number of sulfonamides is 1. The standard InChI is InChI=1S/C12H12F3N3O4S2/c1-18-8-9(6-16-18)7-17-24(21,22)11-4-2-10(3-5-11)23(19,20)12(13,14)15/h2-6,8,17H,7H2,1H3. The van der Waals surface area contributed by atoms with E-state index in [-0.39, 0.29) is 11.4 Å². The number of hydrogen-bond acceptors (Lipinski definition) is 5. The van der Waals surface area contributed by atoms with Gasteiger partial charge in [-0.1, -0.05) is 0 Å². The third-order valence-corrected chi connectivity index (χ3v) is 5.89. The van der Waals surface area contributed by atoms with E-state index in [1.807, 2.05) is 0 Å². The van der Waals surface area contributed by atoms with Crippen LogP contribution in [0.2, 0.25) is 0 Å². The zero-order valence-corrected chi connectivity index (χ0v) is 13.8. The first-order valence-corrected chi connectivity index (χ1v) is 9.29. The fourth-order valence-corrected chi connectivity index (χ4v) is 3.54. The van der Waals surface area contributed by atoms with Gasteiger partial charge in [-0.25, -0.2) is 21.6 Å². The Morgan fingerprint density at radius 2 is 1.62 bits per heavy atom. The number of rotatable bonds is 5. The molecular formula is C12H12F3N3O4S2. The first-order valence-electron chi connectivity index (χ1n) is 6.32. The molecule has 1 heterocycles. The highest BCUT2D eigenvalue weighted by atomic mass is 32.2. The molecule has 0 radical (unpaired) electrons. The number of nitrogens with zero attached hydrogens (tertiary/aromatic N) is 2. The molecule has 0 fully saturated rings. The minimum atomic E-state index is -5.52. The number of aryl methyl sites for hydroxylation is 1. The van der Waals surface area contributed by atoms with Crippen LogP contribution in [0, 0.1) is 0 Å². The van der Waals surface area contributed by atoms with E-state index < -0.39 is 30.3 Å². The number of halogens is 3. The van der Waals surface area contributed by atoms with Crippen molar-refractivity contribution in [3.8, 4) is 0 Å². The van der Waals surface area contributed by atoms with Crippen LogP contribution in [0.25, 0.3) is 0 Å². The largest absolute Gasteiger partial charge is 0.501 e. The highest BCUT2D eigenvalue weighted by Gasteiger charge is 2.46. The second-order valence-corrected chi connectivity index (χ2v) is 8.48. The average molecular weight is 383 g/mol. The molecule has 24 heavy (non-hydrogen) atoms. The van der Waals surface area contributed by atoms with Crippen molar-refractivity contribution in [1.82, 2.24) is 14.5 Å². The molecule has 0 bridgehead atoms. The SMILES string of the molecule is Cn1cc(CNS(=O)(=O)c2ccc(S(=O)(=O)C(F)(F)F)cc2)cn1. The van der Waals surface area contributed by atoms with Crippen molar-refractivity contribution in [3.63, 3.8) is 0 Å². The summed E-state index contributed by atoms with van der Waals surface area (Å²) in [6.45, 7) is -0.0707. The molecule has 2 rings (SSSR count). The van der Waals surface area contributed by atoms with Crippen LogP contribution in [0.3, 0.4) is 0 Å². The Morgan fingerprint density at radius 1 is 1.08 bits per heavy atom. The lowest BCUT2D eigenvalue weighted by Crippen LogP contribution is -2.24. The molecule has 0 aliphatic rings. The number of nitrogens with one attached hydrogen (secondary N) is 1. The minimum Gasteiger partial charge on any atom is -0.275 e. The first-order chi connectivity index (χ1) is 10.9. The molecule has 132 valence electrons. The normalized spacial score (nSPS) is 13.2. The highest BCUT2D eigenvalue weighted by Crippen LogP contribution is 2.30. The van der Waals surface area contributed by atoms with Crippen LogP contribution in [-0.4, -0.2) is 32.1 Å². The summed E-state index contributed by atoms with van der Waals surface area (Å²) in [4.78, 5) is -1.38. The first kappa shape index (κ1) is 18.4. The van der Waals surface area contributed by atoms with Crippen LogP contribution in [0.5, 0.6) is 0 Å². The maximum atomic E-state index is 12.4. The topological polar surface area (TPSA) is 98.1 Å². The summed E-state index contributed by atoms with van der Waals surface area (Å²) >= 11 is 0. The van der Waals surface area contributed by atoms with Gasteiger partial charge < -0.3 is 0 Å². The number of aromatic nitrogens is 2. The second-order valence-electron chi connectivity index (χ2n) is 4.77. The third-order valence-electron chi connectivity index (χ3n) is 2.97. The van der Waals surface area contributed by atoms with Crippen molar-refractivity contribution in [2.45, 2.75) is 21.8 Å². The molecule has 0 amide bonds. The molecule has 7 nitrogen and oxygen atoms in total. The summed E-state index contributed by atoms with van der Waals surface area (Å²) in [6, 6.07) is 2.79. The van der Waals surface area contributed by atoms with Gasteiger partial charge in [-0.15, -0.1) is 0 Å². The molecule has 0 saturated heterocycles. The number of alkyl halides is 3. The molecule has 1 aromatic carbocycles. The van der Waals surface area contributed by atoms with Crippen molar-refractivity contribution in [2.75, 3.05) is 0 Å². The number of hydrogen-bond donors (Lipinski definition) is 1. The minimum absolute atomic E-state index is 0.0707. The summed E-state index contributed by atoms with van der Waals surface area (Å²) in [5, 5.41) is 3.86. The van der Waals surface area contributed by atoms with Crippen LogP contribution in [0.4, 0.5) is 13.2 Å². The Bertz CT molecular complexity index is 933. The summed E-state index contributed by atoms with van der Waals surface area (Å²) < 4.78 is 87.6. The van der Waals surface area contributed by atoms with Crippen molar-refractivity contribution < 1.29 is 30.0 Å². The highest BCUT2D eigenvalue weighted by molar-refractivity contribution is 7.92. The average Bonchev–Trinajstić information content (AvgIpc) is 2.90. The van der Waals surface area contributed by atoms with Crippen LogP contribution < -0.4 is 4.72 Å². The predicted octanol–water partition coefficient (Wildman–Crippen LogP) is 1.19. The van der Waals surface area contributed by atoms with Crippen molar-refractivity contribution in [3.05, 3.63) is 42.2 Å². The second kappa shape index (κ2) is 6.18. The van der Waals surface area contributed by atoms with E-state index in [2.05, 4.69) is 9.82 Å². The van der Waals surface area contributed by atoms with Gasteiger partial charge in [-0.2, -0.15) is 18.3 Å². The lowest BCUT2D eigenvalue weighted by molar-refractivity contribution is -0.0436. The molecule has 0 aliphatic carbocycles. The Hall–Kier alpha value is -1.92. The summed E-state index contributed by atoms with van der Waals surface area (Å²) in [5.41, 5.74) is -4.87. The van der Waals surface area contributed by atoms with E-state index in [9.17, 15) is 30.0 Å². The molecular weight excluding hydrogens is 371 g/mol. The quantitative estimate of drug-likeness (QED) is 0.836. The van der Waals surface area contributed by atoms with E-state index in [0.29, 0.717) is 17.7 Å². The van der Waals surface area contributed by atoms with E-state index in [0.717, 1.165) is 12.1 Å². The van der Waals surface area contributed by atoms with Gasteiger partial charge in [0, 0.05) is 25.4 Å². The van der Waals surface area contributed by atoms with Gasteiger partial charge in [0.1, 0.15) is 0 Å². The van der Waals surface area contributed by atoms with Crippen molar-refractivity contribution in [1.29, 1.82) is 0 Å². The van der Waals surface area contributed by atoms with Gasteiger partial charge >= 0.3 is 5.51 Å². The van der Waals surface area contributed by atoms with Crippen LogP contribution >= 0.6 is 0 Å². The van der Waals surface area contributed by atoms with Gasteiger partial charge in [0.15, 0.2) is 0 Å². The Kier molecular flexibility index (Phi) is 4.74. The molecule has 1 N–H and O–H groups in total. The zero-order chi connectivity index (χ0) is 18.2. The fourth-order valence-electron chi connectivity index (χ4n) is 1.76. The smallest absolute Gasteiger partial charge is 0.275 e. The van der Waals surface area contributed by atoms with E-state index >= 15 is 0 Å². The Balaban J connectivity index is 2.20. The molecule has 0 aliphatic heterocycles. The van der Waals surface area contributed by atoms with Crippen LogP contribution in [-0.2, 0) is 33.5 Å². The maximum Gasteiger partial charge on any atom is 0.501 e. The summed E-state index contributed by atoms with van der Waals surface area (Å²) in [5.74, 6) is 0. The van der Waals surface area contributed by atoms with Gasteiger partial charge in [-0.05, 0) is 24.3 Å². The molecule has 2 aromatic rings. The number of sulfone groups is 1. The van der Waals surface area contributed by atoms with E-state index in [4.69, 9.17) is 0 Å². The molecule has 1 aromatic heterocycles. The van der Waals surface area contributed by atoms with Crippen molar-refractivity contribution in [2.24, 2.45) is 7.05 Å².